The summed E-state index contributed by atoms with van der Waals surface area (Å²) in [5.41, 5.74) is 8.34. The maximum Gasteiger partial charge on any atom is 0.186 e. The van der Waals surface area contributed by atoms with Crippen LogP contribution in [0.4, 0.5) is 5.13 Å². The number of nitrogens with two attached hydrogens (primary N) is 1. The van der Waals surface area contributed by atoms with Crippen LogP contribution in [0.5, 0.6) is 0 Å². The summed E-state index contributed by atoms with van der Waals surface area (Å²) in [6, 6.07) is 8.27. The third-order valence-corrected chi connectivity index (χ3v) is 5.54. The van der Waals surface area contributed by atoms with Crippen molar-refractivity contribution in [3.63, 3.8) is 0 Å². The van der Waals surface area contributed by atoms with Gasteiger partial charge in [-0.15, -0.1) is 11.3 Å². The molecule has 1 saturated carbocycles. The van der Waals surface area contributed by atoms with E-state index in [9.17, 15) is 0 Å². The second-order valence-corrected chi connectivity index (χ2v) is 7.12. The molecule has 0 bridgehead atoms. The maximum absolute atomic E-state index is 5.96. The highest BCUT2D eigenvalue weighted by Gasteiger charge is 2.30. The van der Waals surface area contributed by atoms with Gasteiger partial charge in [-0.1, -0.05) is 23.7 Å². The Morgan fingerprint density at radius 1 is 1.38 bits per heavy atom. The van der Waals surface area contributed by atoms with Gasteiger partial charge in [0.15, 0.2) is 5.13 Å². The monoisotopic (exact) mass is 321 g/mol. The van der Waals surface area contributed by atoms with E-state index in [2.05, 4.69) is 31.0 Å². The average molecular weight is 322 g/mol. The molecule has 0 aliphatic heterocycles. The first-order valence-corrected chi connectivity index (χ1v) is 8.47. The predicted molar refractivity (Wildman–Crippen MR) is 90.3 cm³/mol. The molecule has 2 N–H and O–H groups in total. The van der Waals surface area contributed by atoms with E-state index >= 15 is 0 Å². The van der Waals surface area contributed by atoms with Crippen molar-refractivity contribution in [2.45, 2.75) is 38.3 Å². The zero-order valence-electron chi connectivity index (χ0n) is 12.3. The van der Waals surface area contributed by atoms with Gasteiger partial charge in [0.2, 0.25) is 0 Å². The Balaban J connectivity index is 1.83. The third-order valence-electron chi connectivity index (χ3n) is 4.10. The van der Waals surface area contributed by atoms with E-state index < -0.39 is 0 Å². The lowest BCUT2D eigenvalue weighted by atomic mass is 10.1. The van der Waals surface area contributed by atoms with E-state index in [1.807, 2.05) is 12.1 Å². The van der Waals surface area contributed by atoms with Gasteiger partial charge in [0.05, 0.1) is 11.7 Å². The Morgan fingerprint density at radius 3 is 2.62 bits per heavy atom. The largest absolute Gasteiger partial charge is 0.344 e. The molecule has 0 radical (unpaired) electrons. The first kappa shape index (κ1) is 14.8. The van der Waals surface area contributed by atoms with Crippen molar-refractivity contribution < 1.29 is 0 Å². The van der Waals surface area contributed by atoms with Crippen molar-refractivity contribution in [1.82, 2.24) is 4.98 Å². The molecule has 1 aliphatic carbocycles. The Morgan fingerprint density at radius 2 is 2.05 bits per heavy atom. The summed E-state index contributed by atoms with van der Waals surface area (Å²) in [5.74, 6) is 0.646. The van der Waals surface area contributed by atoms with Crippen molar-refractivity contribution in [3.8, 4) is 0 Å². The smallest absolute Gasteiger partial charge is 0.186 e. The van der Waals surface area contributed by atoms with Gasteiger partial charge in [-0.2, -0.15) is 0 Å². The minimum Gasteiger partial charge on any atom is -0.344 e. The maximum atomic E-state index is 5.96. The van der Waals surface area contributed by atoms with Gasteiger partial charge in [0.1, 0.15) is 0 Å². The van der Waals surface area contributed by atoms with Gasteiger partial charge in [0, 0.05) is 29.4 Å². The number of benzene rings is 1. The highest BCUT2D eigenvalue weighted by Crippen LogP contribution is 2.44. The molecular weight excluding hydrogens is 302 g/mol. The second-order valence-electron chi connectivity index (χ2n) is 5.62. The minimum absolute atomic E-state index is 0.256. The normalized spacial score (nSPS) is 16.0. The SMILES string of the molecule is CC(c1ccc(Cl)cc1)N(C)c1nc(C2CC2)c(CN)s1. The fraction of sp³-hybridized carbons (Fsp3) is 0.438. The van der Waals surface area contributed by atoms with Crippen molar-refractivity contribution in [2.75, 3.05) is 11.9 Å². The van der Waals surface area contributed by atoms with Crippen LogP contribution in [-0.2, 0) is 6.54 Å². The molecule has 1 aromatic carbocycles. The standard InChI is InChI=1S/C16H20ClN3S/c1-10(11-5-7-13(17)8-6-11)20(2)16-19-15(12-3-4-12)14(9-18)21-16/h5-8,10,12H,3-4,9,18H2,1-2H3. The average Bonchev–Trinajstić information content (AvgIpc) is 3.25. The highest BCUT2D eigenvalue weighted by atomic mass is 35.5. The van der Waals surface area contributed by atoms with Crippen LogP contribution < -0.4 is 10.6 Å². The molecule has 1 aromatic heterocycles. The van der Waals surface area contributed by atoms with E-state index in [4.69, 9.17) is 22.3 Å². The minimum atomic E-state index is 0.256. The summed E-state index contributed by atoms with van der Waals surface area (Å²) in [5, 5.41) is 1.82. The summed E-state index contributed by atoms with van der Waals surface area (Å²) in [6.45, 7) is 2.77. The lowest BCUT2D eigenvalue weighted by molar-refractivity contribution is 0.734. The van der Waals surface area contributed by atoms with Gasteiger partial charge in [-0.05, 0) is 37.5 Å². The topological polar surface area (TPSA) is 42.2 Å². The van der Waals surface area contributed by atoms with Crippen LogP contribution in [0.3, 0.4) is 0 Å². The molecule has 3 nitrogen and oxygen atoms in total. The van der Waals surface area contributed by atoms with Gasteiger partial charge < -0.3 is 10.6 Å². The molecule has 3 rings (SSSR count). The van der Waals surface area contributed by atoms with Gasteiger partial charge >= 0.3 is 0 Å². The molecule has 0 spiro atoms. The number of aromatic nitrogens is 1. The Kier molecular flexibility index (Phi) is 4.20. The number of hydrogen-bond acceptors (Lipinski definition) is 4. The Labute approximate surface area is 134 Å². The van der Waals surface area contributed by atoms with E-state index in [0.29, 0.717) is 12.5 Å². The number of halogens is 1. The molecule has 0 amide bonds. The summed E-state index contributed by atoms with van der Waals surface area (Å²) in [4.78, 5) is 8.31. The zero-order chi connectivity index (χ0) is 15.0. The van der Waals surface area contributed by atoms with E-state index in [1.54, 1.807) is 11.3 Å². The van der Waals surface area contributed by atoms with Crippen LogP contribution in [0.2, 0.25) is 5.02 Å². The number of rotatable bonds is 5. The molecular formula is C16H20ClN3S. The van der Waals surface area contributed by atoms with Crippen LogP contribution in [0.15, 0.2) is 24.3 Å². The molecule has 1 heterocycles. The second kappa shape index (κ2) is 5.95. The Hall–Kier alpha value is -1.10. The van der Waals surface area contributed by atoms with E-state index in [1.165, 1.54) is 29.0 Å². The van der Waals surface area contributed by atoms with Crippen LogP contribution in [0, 0.1) is 0 Å². The molecule has 21 heavy (non-hydrogen) atoms. The number of anilines is 1. The number of thiazole rings is 1. The van der Waals surface area contributed by atoms with Crippen molar-refractivity contribution in [2.24, 2.45) is 5.73 Å². The zero-order valence-corrected chi connectivity index (χ0v) is 13.9. The van der Waals surface area contributed by atoms with Crippen LogP contribution in [0.1, 0.15) is 47.9 Å². The first-order valence-electron chi connectivity index (χ1n) is 7.28. The van der Waals surface area contributed by atoms with Gasteiger partial charge in [0.25, 0.3) is 0 Å². The van der Waals surface area contributed by atoms with E-state index in [-0.39, 0.29) is 6.04 Å². The predicted octanol–water partition coefficient (Wildman–Crippen LogP) is 4.33. The van der Waals surface area contributed by atoms with Crippen LogP contribution in [0.25, 0.3) is 0 Å². The quantitative estimate of drug-likeness (QED) is 0.891. The fourth-order valence-electron chi connectivity index (χ4n) is 2.45. The van der Waals surface area contributed by atoms with Crippen LogP contribution >= 0.6 is 22.9 Å². The van der Waals surface area contributed by atoms with Crippen molar-refractivity contribution >= 4 is 28.1 Å². The van der Waals surface area contributed by atoms with Crippen LogP contribution in [-0.4, -0.2) is 12.0 Å². The van der Waals surface area contributed by atoms with Gasteiger partial charge in [-0.3, -0.25) is 0 Å². The molecule has 1 atom stereocenters. The summed E-state index contributed by atoms with van der Waals surface area (Å²) >= 11 is 7.69. The van der Waals surface area contributed by atoms with Gasteiger partial charge in [-0.25, -0.2) is 4.98 Å². The fourth-order valence-corrected chi connectivity index (χ4v) is 3.65. The molecule has 112 valence electrons. The molecule has 0 saturated heterocycles. The number of nitrogens with zero attached hydrogens (tertiary/aromatic N) is 2. The summed E-state index contributed by atoms with van der Waals surface area (Å²) in [6.07, 6.45) is 2.51. The Bertz CT molecular complexity index is 619. The van der Waals surface area contributed by atoms with Crippen molar-refractivity contribution in [3.05, 3.63) is 45.4 Å². The summed E-state index contributed by atoms with van der Waals surface area (Å²) in [7, 11) is 2.09. The summed E-state index contributed by atoms with van der Waals surface area (Å²) < 4.78 is 0. The van der Waals surface area contributed by atoms with Crippen molar-refractivity contribution in [1.29, 1.82) is 0 Å². The first-order chi connectivity index (χ1) is 10.1. The molecule has 1 unspecified atom stereocenters. The molecule has 1 fully saturated rings. The lowest BCUT2D eigenvalue weighted by Crippen LogP contribution is -2.21. The molecule has 5 heteroatoms. The molecule has 2 aromatic rings. The van der Waals surface area contributed by atoms with E-state index in [0.717, 1.165) is 10.2 Å². The number of hydrogen-bond donors (Lipinski definition) is 1. The highest BCUT2D eigenvalue weighted by molar-refractivity contribution is 7.15. The lowest BCUT2D eigenvalue weighted by Gasteiger charge is -2.24. The third kappa shape index (κ3) is 3.07. The molecule has 1 aliphatic rings.